The molecule has 1 saturated heterocycles. The van der Waals surface area contributed by atoms with E-state index in [4.69, 9.17) is 0 Å². The van der Waals surface area contributed by atoms with E-state index in [1.54, 1.807) is 6.08 Å². The van der Waals surface area contributed by atoms with Crippen molar-refractivity contribution < 1.29 is 9.59 Å². The summed E-state index contributed by atoms with van der Waals surface area (Å²) in [5.74, 6) is -0.0477. The van der Waals surface area contributed by atoms with Gasteiger partial charge in [-0.05, 0) is 35.8 Å². The van der Waals surface area contributed by atoms with Crippen molar-refractivity contribution in [1.82, 2.24) is 9.80 Å². The molecule has 1 fully saturated rings. The number of rotatable bonds is 5. The Morgan fingerprint density at radius 1 is 0.964 bits per heavy atom. The van der Waals surface area contributed by atoms with Crippen molar-refractivity contribution >= 4 is 23.6 Å². The van der Waals surface area contributed by atoms with Gasteiger partial charge < -0.3 is 10.2 Å². The third kappa shape index (κ3) is 6.06. The first-order valence-electron chi connectivity index (χ1n) is 9.71. The maximum absolute atomic E-state index is 12.6. The maximum Gasteiger partial charge on any atom is 0.246 e. The Labute approximate surface area is 166 Å². The lowest BCUT2D eigenvalue weighted by molar-refractivity contribution is -0.125. The van der Waals surface area contributed by atoms with E-state index >= 15 is 0 Å². The van der Waals surface area contributed by atoms with Gasteiger partial charge >= 0.3 is 0 Å². The lowest BCUT2D eigenvalue weighted by atomic mass is 10.2. The molecule has 0 atom stereocenters. The predicted octanol–water partition coefficient (Wildman–Crippen LogP) is 3.39. The van der Waals surface area contributed by atoms with Crippen LogP contribution in [0.25, 0.3) is 6.08 Å². The summed E-state index contributed by atoms with van der Waals surface area (Å²) in [5, 5.41) is 2.73. The highest BCUT2D eigenvalue weighted by Crippen LogP contribution is 2.12. The minimum absolute atomic E-state index is 0.0486. The van der Waals surface area contributed by atoms with Crippen LogP contribution in [0.4, 0.5) is 5.69 Å². The number of hydrogen-bond donors (Lipinski definition) is 1. The van der Waals surface area contributed by atoms with Gasteiger partial charge in [0, 0.05) is 51.4 Å². The molecule has 5 nitrogen and oxygen atoms in total. The summed E-state index contributed by atoms with van der Waals surface area (Å²) in [6, 6.07) is 17.9. The van der Waals surface area contributed by atoms with E-state index in [1.165, 1.54) is 12.5 Å². The van der Waals surface area contributed by atoms with Crippen LogP contribution in [0.2, 0.25) is 0 Å². The van der Waals surface area contributed by atoms with Crippen LogP contribution in [0.15, 0.2) is 60.7 Å². The fourth-order valence-corrected chi connectivity index (χ4v) is 3.34. The molecule has 28 heavy (non-hydrogen) atoms. The molecule has 2 aromatic carbocycles. The summed E-state index contributed by atoms with van der Waals surface area (Å²) < 4.78 is 0. The number of carbonyl (C=O) groups excluding carboxylic acids is 2. The highest BCUT2D eigenvalue weighted by Gasteiger charge is 2.17. The van der Waals surface area contributed by atoms with Crippen molar-refractivity contribution in [1.29, 1.82) is 0 Å². The van der Waals surface area contributed by atoms with Crippen molar-refractivity contribution in [3.63, 3.8) is 0 Å². The first-order valence-corrected chi connectivity index (χ1v) is 9.71. The fraction of sp³-hybridized carbons (Fsp3) is 0.304. The number of hydrogen-bond acceptors (Lipinski definition) is 3. The maximum atomic E-state index is 12.6. The third-order valence-electron chi connectivity index (χ3n) is 4.80. The normalized spacial score (nSPS) is 15.4. The summed E-state index contributed by atoms with van der Waals surface area (Å²) >= 11 is 0. The Balaban J connectivity index is 1.51. The van der Waals surface area contributed by atoms with Crippen molar-refractivity contribution in [3.8, 4) is 0 Å². The van der Waals surface area contributed by atoms with Gasteiger partial charge in [-0.2, -0.15) is 0 Å². The molecule has 1 aliphatic rings. The molecule has 0 unspecified atom stereocenters. The quantitative estimate of drug-likeness (QED) is 0.813. The first-order chi connectivity index (χ1) is 13.6. The molecular weight excluding hydrogens is 350 g/mol. The van der Waals surface area contributed by atoms with Gasteiger partial charge in [-0.25, -0.2) is 0 Å². The summed E-state index contributed by atoms with van der Waals surface area (Å²) in [7, 11) is 0. The molecule has 1 aliphatic heterocycles. The molecule has 146 valence electrons. The lowest BCUT2D eigenvalue weighted by Crippen LogP contribution is -2.34. The second-order valence-corrected chi connectivity index (χ2v) is 7.08. The SMILES string of the molecule is CC(=O)Nc1ccc(/C=C/C(=O)N2CCCN(Cc3ccccc3)CC2)cc1. The van der Waals surface area contributed by atoms with Gasteiger partial charge in [-0.15, -0.1) is 0 Å². The van der Waals surface area contributed by atoms with Crippen LogP contribution in [0.1, 0.15) is 24.5 Å². The summed E-state index contributed by atoms with van der Waals surface area (Å²) in [4.78, 5) is 28.0. The highest BCUT2D eigenvalue weighted by molar-refractivity contribution is 5.92. The van der Waals surface area contributed by atoms with Gasteiger partial charge in [0.15, 0.2) is 0 Å². The Kier molecular flexibility index (Phi) is 6.98. The monoisotopic (exact) mass is 377 g/mol. The molecule has 1 heterocycles. The molecule has 0 radical (unpaired) electrons. The van der Waals surface area contributed by atoms with E-state index in [2.05, 4.69) is 34.5 Å². The largest absolute Gasteiger partial charge is 0.338 e. The van der Waals surface area contributed by atoms with Crippen LogP contribution in [0.3, 0.4) is 0 Å². The molecule has 0 bridgehead atoms. The van der Waals surface area contributed by atoms with Crippen LogP contribution in [0, 0.1) is 0 Å². The second-order valence-electron chi connectivity index (χ2n) is 7.08. The fourth-order valence-electron chi connectivity index (χ4n) is 3.34. The zero-order chi connectivity index (χ0) is 19.8. The number of anilines is 1. The molecule has 3 rings (SSSR count). The molecule has 0 aromatic heterocycles. The Morgan fingerprint density at radius 2 is 1.71 bits per heavy atom. The molecule has 5 heteroatoms. The van der Waals surface area contributed by atoms with E-state index in [9.17, 15) is 9.59 Å². The van der Waals surface area contributed by atoms with E-state index in [0.717, 1.165) is 50.4 Å². The molecule has 2 amide bonds. The topological polar surface area (TPSA) is 52.7 Å². The van der Waals surface area contributed by atoms with Gasteiger partial charge in [-0.1, -0.05) is 42.5 Å². The Bertz CT molecular complexity index is 816. The van der Waals surface area contributed by atoms with Crippen molar-refractivity contribution in [2.45, 2.75) is 19.9 Å². The zero-order valence-electron chi connectivity index (χ0n) is 16.3. The van der Waals surface area contributed by atoms with Crippen molar-refractivity contribution in [2.24, 2.45) is 0 Å². The minimum Gasteiger partial charge on any atom is -0.338 e. The van der Waals surface area contributed by atoms with Crippen LogP contribution >= 0.6 is 0 Å². The molecule has 2 aromatic rings. The van der Waals surface area contributed by atoms with E-state index in [-0.39, 0.29) is 11.8 Å². The van der Waals surface area contributed by atoms with Gasteiger partial charge in [0.1, 0.15) is 0 Å². The van der Waals surface area contributed by atoms with Gasteiger partial charge in [0.05, 0.1) is 0 Å². The summed E-state index contributed by atoms with van der Waals surface area (Å²) in [6.07, 6.45) is 4.45. The molecular formula is C23H27N3O2. The van der Waals surface area contributed by atoms with Crippen molar-refractivity contribution in [2.75, 3.05) is 31.5 Å². The molecule has 1 N–H and O–H groups in total. The average Bonchev–Trinajstić information content (AvgIpc) is 2.93. The highest BCUT2D eigenvalue weighted by atomic mass is 16.2. The van der Waals surface area contributed by atoms with E-state index < -0.39 is 0 Å². The number of carbonyl (C=O) groups is 2. The molecule has 0 aliphatic carbocycles. The molecule has 0 spiro atoms. The smallest absolute Gasteiger partial charge is 0.246 e. The standard InChI is InChI=1S/C23H27N3O2/c1-19(27)24-22-11-8-20(9-12-22)10-13-23(28)26-15-5-14-25(16-17-26)18-21-6-3-2-4-7-21/h2-4,6-13H,5,14-18H2,1H3,(H,24,27)/b13-10+. The van der Waals surface area contributed by atoms with Gasteiger partial charge in [0.2, 0.25) is 11.8 Å². The Hall–Kier alpha value is -2.92. The number of nitrogens with one attached hydrogen (secondary N) is 1. The lowest BCUT2D eigenvalue weighted by Gasteiger charge is -2.21. The first kappa shape index (κ1) is 19.8. The van der Waals surface area contributed by atoms with Crippen LogP contribution < -0.4 is 5.32 Å². The number of amides is 2. The van der Waals surface area contributed by atoms with Gasteiger partial charge in [-0.3, -0.25) is 14.5 Å². The number of benzene rings is 2. The number of nitrogens with zero attached hydrogens (tertiary/aromatic N) is 2. The second kappa shape index (κ2) is 9.85. The van der Waals surface area contributed by atoms with Crippen molar-refractivity contribution in [3.05, 3.63) is 71.8 Å². The summed E-state index contributed by atoms with van der Waals surface area (Å²) in [6.45, 7) is 5.84. The van der Waals surface area contributed by atoms with Crippen LogP contribution in [-0.4, -0.2) is 47.8 Å². The average molecular weight is 377 g/mol. The van der Waals surface area contributed by atoms with Gasteiger partial charge in [0.25, 0.3) is 0 Å². The van der Waals surface area contributed by atoms with E-state index in [1.807, 2.05) is 41.3 Å². The Morgan fingerprint density at radius 3 is 2.43 bits per heavy atom. The summed E-state index contributed by atoms with van der Waals surface area (Å²) in [5.41, 5.74) is 3.00. The minimum atomic E-state index is -0.0964. The molecule has 0 saturated carbocycles. The van der Waals surface area contributed by atoms with Crippen LogP contribution in [0.5, 0.6) is 0 Å². The predicted molar refractivity (Wildman–Crippen MR) is 113 cm³/mol. The van der Waals surface area contributed by atoms with E-state index in [0.29, 0.717) is 0 Å². The van der Waals surface area contributed by atoms with Crippen LogP contribution in [-0.2, 0) is 16.1 Å². The third-order valence-corrected chi connectivity index (χ3v) is 4.80. The zero-order valence-corrected chi connectivity index (χ0v) is 16.3.